The molecule has 0 aliphatic carbocycles. The first kappa shape index (κ1) is 23.7. The van der Waals surface area contributed by atoms with Crippen molar-refractivity contribution in [2.75, 3.05) is 12.4 Å². The van der Waals surface area contributed by atoms with E-state index >= 15 is 0 Å². The minimum Gasteiger partial charge on any atom is -0.372 e. The van der Waals surface area contributed by atoms with Gasteiger partial charge in [0.05, 0.1) is 0 Å². The second kappa shape index (κ2) is 12.2. The molecule has 2 unspecified atom stereocenters. The van der Waals surface area contributed by atoms with Crippen molar-refractivity contribution in [2.24, 2.45) is 5.92 Å². The van der Waals surface area contributed by atoms with Gasteiger partial charge >= 0.3 is 0 Å². The highest BCUT2D eigenvalue weighted by Gasteiger charge is 2.20. The average Bonchev–Trinajstić information content (AvgIpc) is 2.78. The number of rotatable bonds is 12. The zero-order chi connectivity index (χ0) is 21.9. The van der Waals surface area contributed by atoms with Gasteiger partial charge < -0.3 is 10.2 Å². The molecule has 0 bridgehead atoms. The molecule has 0 aliphatic rings. The Hall–Kier alpha value is -2.55. The number of carbonyl (C=O) groups is 1. The number of carbonyl (C=O) groups excluding carboxylic acids is 1. The molecule has 2 atom stereocenters. The predicted octanol–water partition coefficient (Wildman–Crippen LogP) is 6.77. The van der Waals surface area contributed by atoms with Crippen LogP contribution in [-0.2, 0) is 11.2 Å². The summed E-state index contributed by atoms with van der Waals surface area (Å²) in [7, 11) is 2.14. The van der Waals surface area contributed by atoms with Crippen molar-refractivity contribution in [1.29, 1.82) is 0 Å². The fourth-order valence-corrected chi connectivity index (χ4v) is 3.89. The third-order valence-corrected chi connectivity index (χ3v) is 6.16. The summed E-state index contributed by atoms with van der Waals surface area (Å²) in [6, 6.07) is 18.6. The molecular formula is C27H38N2O. The summed E-state index contributed by atoms with van der Waals surface area (Å²) in [6.07, 6.45) is 6.20. The van der Waals surface area contributed by atoms with E-state index in [0.717, 1.165) is 23.4 Å². The Kier molecular flexibility index (Phi) is 9.66. The molecule has 0 heterocycles. The van der Waals surface area contributed by atoms with E-state index in [9.17, 15) is 4.79 Å². The molecule has 1 amide bonds. The van der Waals surface area contributed by atoms with Gasteiger partial charge in [0.25, 0.3) is 0 Å². The van der Waals surface area contributed by atoms with E-state index < -0.39 is 0 Å². The van der Waals surface area contributed by atoms with Crippen molar-refractivity contribution >= 4 is 17.3 Å². The smallest absolute Gasteiger partial charge is 0.224 e. The number of nitrogens with zero attached hydrogens (tertiary/aromatic N) is 1. The highest BCUT2D eigenvalue weighted by atomic mass is 16.1. The van der Waals surface area contributed by atoms with E-state index in [2.05, 4.69) is 56.7 Å². The average molecular weight is 407 g/mol. The van der Waals surface area contributed by atoms with Crippen LogP contribution in [0.25, 0.3) is 5.70 Å². The molecule has 0 aliphatic heterocycles. The van der Waals surface area contributed by atoms with Gasteiger partial charge in [-0.2, -0.15) is 0 Å². The van der Waals surface area contributed by atoms with Crippen LogP contribution in [0.15, 0.2) is 61.2 Å². The predicted molar refractivity (Wildman–Crippen MR) is 129 cm³/mol. The van der Waals surface area contributed by atoms with Gasteiger partial charge in [-0.3, -0.25) is 4.79 Å². The molecule has 3 heteroatoms. The zero-order valence-corrected chi connectivity index (χ0v) is 19.2. The lowest BCUT2D eigenvalue weighted by Gasteiger charge is -2.34. The number of benzene rings is 2. The summed E-state index contributed by atoms with van der Waals surface area (Å²) < 4.78 is 0. The molecule has 0 saturated heterocycles. The Morgan fingerprint density at radius 1 is 1.07 bits per heavy atom. The first-order chi connectivity index (χ1) is 14.5. The Labute approximate surface area is 183 Å². The molecule has 0 spiro atoms. The van der Waals surface area contributed by atoms with Crippen LogP contribution in [0.2, 0.25) is 0 Å². The number of hydrogen-bond acceptors (Lipinski definition) is 2. The first-order valence-corrected chi connectivity index (χ1v) is 11.3. The summed E-state index contributed by atoms with van der Waals surface area (Å²) in [5.41, 5.74) is 4.13. The van der Waals surface area contributed by atoms with Crippen LogP contribution in [0.4, 0.5) is 5.69 Å². The standard InChI is InChI=1S/C27H38N2O/c1-6-8-14-24(7-2)21(3)29(5)22(4)25-16-18-26(19-17-25)28-27(30)20-15-23-12-10-9-11-13-23/h9-13,16-19,21,24H,4,6-8,14-15,20H2,1-3,5H3,(H,28,30). The molecule has 162 valence electrons. The second-order valence-corrected chi connectivity index (χ2v) is 8.22. The summed E-state index contributed by atoms with van der Waals surface area (Å²) in [6.45, 7) is 11.2. The van der Waals surface area contributed by atoms with Gasteiger partial charge in [0, 0.05) is 30.9 Å². The molecule has 30 heavy (non-hydrogen) atoms. The number of hydrogen-bond donors (Lipinski definition) is 1. The minimum atomic E-state index is 0.0397. The molecule has 2 aromatic carbocycles. The third-order valence-electron chi connectivity index (χ3n) is 6.16. The Bertz CT molecular complexity index is 782. The maximum atomic E-state index is 12.3. The van der Waals surface area contributed by atoms with Gasteiger partial charge in [-0.1, -0.05) is 82.2 Å². The van der Waals surface area contributed by atoms with Crippen molar-refractivity contribution in [1.82, 2.24) is 4.90 Å². The van der Waals surface area contributed by atoms with Crippen LogP contribution in [0.5, 0.6) is 0 Å². The zero-order valence-electron chi connectivity index (χ0n) is 19.2. The topological polar surface area (TPSA) is 32.3 Å². The lowest BCUT2D eigenvalue weighted by molar-refractivity contribution is -0.116. The van der Waals surface area contributed by atoms with Gasteiger partial charge in [0.2, 0.25) is 5.91 Å². The van der Waals surface area contributed by atoms with Gasteiger partial charge in [0.15, 0.2) is 0 Å². The number of nitrogens with one attached hydrogen (secondary N) is 1. The van der Waals surface area contributed by atoms with Crippen molar-refractivity contribution < 1.29 is 4.79 Å². The molecule has 2 aromatic rings. The molecule has 2 rings (SSSR count). The van der Waals surface area contributed by atoms with Crippen LogP contribution in [0.3, 0.4) is 0 Å². The number of anilines is 1. The van der Waals surface area contributed by atoms with E-state index in [1.165, 1.54) is 31.2 Å². The van der Waals surface area contributed by atoms with E-state index in [4.69, 9.17) is 0 Å². The second-order valence-electron chi connectivity index (χ2n) is 8.22. The fraction of sp³-hybridized carbons (Fsp3) is 0.444. The van der Waals surface area contributed by atoms with Crippen LogP contribution < -0.4 is 5.32 Å². The van der Waals surface area contributed by atoms with Crippen molar-refractivity contribution in [3.05, 3.63) is 72.3 Å². The summed E-state index contributed by atoms with van der Waals surface area (Å²) in [4.78, 5) is 14.6. The maximum absolute atomic E-state index is 12.3. The molecule has 0 aromatic heterocycles. The van der Waals surface area contributed by atoms with Crippen molar-refractivity contribution in [2.45, 2.75) is 65.3 Å². The van der Waals surface area contributed by atoms with Crippen molar-refractivity contribution in [3.8, 4) is 0 Å². The van der Waals surface area contributed by atoms with Crippen LogP contribution in [0, 0.1) is 5.92 Å². The first-order valence-electron chi connectivity index (χ1n) is 11.3. The summed E-state index contributed by atoms with van der Waals surface area (Å²) in [5, 5.41) is 3.00. The van der Waals surface area contributed by atoms with Gasteiger partial charge in [0.1, 0.15) is 0 Å². The van der Waals surface area contributed by atoms with Gasteiger partial charge in [-0.25, -0.2) is 0 Å². The maximum Gasteiger partial charge on any atom is 0.224 e. The fourth-order valence-electron chi connectivity index (χ4n) is 3.89. The highest BCUT2D eigenvalue weighted by Crippen LogP contribution is 2.27. The van der Waals surface area contributed by atoms with Gasteiger partial charge in [-0.15, -0.1) is 0 Å². The Morgan fingerprint density at radius 3 is 2.33 bits per heavy atom. The Balaban J connectivity index is 1.90. The monoisotopic (exact) mass is 406 g/mol. The van der Waals surface area contributed by atoms with E-state index in [-0.39, 0.29) is 5.91 Å². The third kappa shape index (κ3) is 7.05. The quantitative estimate of drug-likeness (QED) is 0.422. The molecular weight excluding hydrogens is 368 g/mol. The molecule has 3 nitrogen and oxygen atoms in total. The number of aryl methyl sites for hydroxylation is 1. The van der Waals surface area contributed by atoms with Gasteiger partial charge in [-0.05, 0) is 48.9 Å². The number of unbranched alkanes of at least 4 members (excludes halogenated alkanes) is 1. The largest absolute Gasteiger partial charge is 0.372 e. The van der Waals surface area contributed by atoms with Crippen molar-refractivity contribution in [3.63, 3.8) is 0 Å². The molecule has 0 saturated carbocycles. The normalized spacial score (nSPS) is 12.8. The SMILES string of the molecule is C=C(c1ccc(NC(=O)CCc2ccccc2)cc1)N(C)C(C)C(CC)CCCC. The lowest BCUT2D eigenvalue weighted by Crippen LogP contribution is -2.34. The Morgan fingerprint density at radius 2 is 1.73 bits per heavy atom. The minimum absolute atomic E-state index is 0.0397. The number of amides is 1. The van der Waals surface area contributed by atoms with Crippen LogP contribution in [-0.4, -0.2) is 23.9 Å². The van der Waals surface area contributed by atoms with E-state index in [1.54, 1.807) is 0 Å². The highest BCUT2D eigenvalue weighted by molar-refractivity contribution is 5.91. The molecule has 1 N–H and O–H groups in total. The lowest BCUT2D eigenvalue weighted by atomic mass is 9.91. The van der Waals surface area contributed by atoms with Crippen LogP contribution in [0.1, 0.15) is 64.0 Å². The molecule has 0 fully saturated rings. The summed E-state index contributed by atoms with van der Waals surface area (Å²) in [5.74, 6) is 0.716. The summed E-state index contributed by atoms with van der Waals surface area (Å²) >= 11 is 0. The molecule has 0 radical (unpaired) electrons. The van der Waals surface area contributed by atoms with E-state index in [0.29, 0.717) is 18.4 Å². The van der Waals surface area contributed by atoms with Crippen LogP contribution >= 0.6 is 0 Å². The van der Waals surface area contributed by atoms with E-state index in [1.807, 2.05) is 42.5 Å².